The van der Waals surface area contributed by atoms with Gasteiger partial charge in [-0.3, -0.25) is 4.79 Å². The van der Waals surface area contributed by atoms with Crippen LogP contribution in [0.3, 0.4) is 0 Å². The third kappa shape index (κ3) is 4.88. The fourth-order valence-corrected chi connectivity index (χ4v) is 3.75. The van der Waals surface area contributed by atoms with E-state index in [-0.39, 0.29) is 5.91 Å². The van der Waals surface area contributed by atoms with Crippen molar-refractivity contribution in [1.29, 1.82) is 0 Å². The summed E-state index contributed by atoms with van der Waals surface area (Å²) in [6.45, 7) is 0. The second-order valence-corrected chi connectivity index (χ2v) is 7.50. The number of nitrogens with one attached hydrogen (secondary N) is 1. The number of rotatable bonds is 7. The van der Waals surface area contributed by atoms with Crippen LogP contribution in [0.15, 0.2) is 75.8 Å². The summed E-state index contributed by atoms with van der Waals surface area (Å²) in [5, 5.41) is 11.6. The van der Waals surface area contributed by atoms with E-state index in [0.717, 1.165) is 5.56 Å². The number of hydrogen-bond acceptors (Lipinski definition) is 6. The van der Waals surface area contributed by atoms with Crippen LogP contribution in [0.4, 0.5) is 5.69 Å². The van der Waals surface area contributed by atoms with Gasteiger partial charge in [0, 0.05) is 22.0 Å². The fourth-order valence-electron chi connectivity index (χ4n) is 2.64. The largest absolute Gasteiger partial charge is 0.459 e. The zero-order chi connectivity index (χ0) is 20.1. The normalized spacial score (nSPS) is 10.8. The minimum Gasteiger partial charge on any atom is -0.459 e. The van der Waals surface area contributed by atoms with Crippen molar-refractivity contribution in [2.75, 3.05) is 11.1 Å². The third-order valence-corrected chi connectivity index (χ3v) is 5.35. The van der Waals surface area contributed by atoms with E-state index >= 15 is 0 Å². The van der Waals surface area contributed by atoms with Crippen LogP contribution < -0.4 is 5.32 Å². The first-order valence-electron chi connectivity index (χ1n) is 8.78. The van der Waals surface area contributed by atoms with E-state index in [0.29, 0.717) is 45.3 Å². The second kappa shape index (κ2) is 8.98. The first-order valence-corrected chi connectivity index (χ1v) is 10.3. The maximum atomic E-state index is 12.3. The van der Waals surface area contributed by atoms with Gasteiger partial charge in [0.2, 0.25) is 11.8 Å². The number of carbonyl (C=O) groups excluding carboxylic acids is 1. The summed E-state index contributed by atoms with van der Waals surface area (Å²) in [4.78, 5) is 12.3. The second-order valence-electron chi connectivity index (χ2n) is 6.10. The molecule has 6 nitrogen and oxygen atoms in total. The maximum absolute atomic E-state index is 12.3. The lowest BCUT2D eigenvalue weighted by molar-refractivity contribution is -0.113. The Balaban J connectivity index is 1.36. The first kappa shape index (κ1) is 19.3. The van der Waals surface area contributed by atoms with Crippen LogP contribution in [0, 0.1) is 0 Å². The van der Waals surface area contributed by atoms with Crippen molar-refractivity contribution in [1.82, 2.24) is 10.2 Å². The quantitative estimate of drug-likeness (QED) is 0.419. The van der Waals surface area contributed by atoms with Crippen molar-refractivity contribution in [2.24, 2.45) is 0 Å². The molecule has 2 heterocycles. The molecule has 1 N–H and O–H groups in total. The third-order valence-electron chi connectivity index (χ3n) is 4.00. The Kier molecular flexibility index (Phi) is 5.97. The van der Waals surface area contributed by atoms with E-state index in [1.807, 2.05) is 42.5 Å². The molecule has 29 heavy (non-hydrogen) atoms. The highest BCUT2D eigenvalue weighted by Crippen LogP contribution is 2.26. The lowest BCUT2D eigenvalue weighted by atomic mass is 10.2. The number of nitrogens with zero attached hydrogens (tertiary/aromatic N) is 2. The maximum Gasteiger partial charge on any atom is 0.283 e. The van der Waals surface area contributed by atoms with E-state index < -0.39 is 0 Å². The van der Waals surface area contributed by atoms with Gasteiger partial charge in [-0.1, -0.05) is 35.9 Å². The molecule has 0 bridgehead atoms. The minimum atomic E-state index is -0.0963. The Morgan fingerprint density at radius 3 is 2.72 bits per heavy atom. The number of halogens is 1. The molecule has 146 valence electrons. The molecule has 0 saturated heterocycles. The summed E-state index contributed by atoms with van der Waals surface area (Å²) in [5.74, 6) is 2.05. The highest BCUT2D eigenvalue weighted by atomic mass is 35.5. The van der Waals surface area contributed by atoms with Gasteiger partial charge in [-0.2, -0.15) is 0 Å². The summed E-state index contributed by atoms with van der Waals surface area (Å²) >= 11 is 7.64. The molecular formula is C21H16ClN3O3S. The number of amides is 1. The van der Waals surface area contributed by atoms with E-state index in [9.17, 15) is 4.79 Å². The molecule has 2 aromatic carbocycles. The Labute approximate surface area is 176 Å². The molecule has 0 aliphatic carbocycles. The average molecular weight is 426 g/mol. The molecule has 0 aliphatic rings. The molecule has 2 aromatic heterocycles. The predicted molar refractivity (Wildman–Crippen MR) is 114 cm³/mol. The zero-order valence-corrected chi connectivity index (χ0v) is 16.7. The standard InChI is InChI=1S/C21H16ClN3O3S/c22-17-8-2-1-5-15(17)12-29-13-19(26)23-16-7-3-6-14(11-16)20-24-25-21(28-20)18-9-4-10-27-18/h1-11H,12-13H2,(H,23,26). The van der Waals surface area contributed by atoms with Crippen molar-refractivity contribution in [2.45, 2.75) is 5.75 Å². The van der Waals surface area contributed by atoms with E-state index in [4.69, 9.17) is 20.4 Å². The molecule has 0 spiro atoms. The monoisotopic (exact) mass is 425 g/mol. The topological polar surface area (TPSA) is 81.2 Å². The van der Waals surface area contributed by atoms with E-state index in [1.165, 1.54) is 11.8 Å². The van der Waals surface area contributed by atoms with Gasteiger partial charge in [-0.05, 0) is 42.0 Å². The lowest BCUT2D eigenvalue weighted by Crippen LogP contribution is -2.14. The van der Waals surface area contributed by atoms with Crippen molar-refractivity contribution >= 4 is 35.0 Å². The SMILES string of the molecule is O=C(CSCc1ccccc1Cl)Nc1cccc(-c2nnc(-c3ccco3)o2)c1. The fraction of sp³-hybridized carbons (Fsp3) is 0.0952. The van der Waals surface area contributed by atoms with Crippen LogP contribution in [-0.4, -0.2) is 21.9 Å². The Morgan fingerprint density at radius 1 is 1.03 bits per heavy atom. The van der Waals surface area contributed by atoms with Crippen LogP contribution in [0.2, 0.25) is 5.02 Å². The molecule has 1 amide bonds. The molecule has 4 aromatic rings. The van der Waals surface area contributed by atoms with Crippen molar-refractivity contribution in [3.63, 3.8) is 0 Å². The molecule has 0 unspecified atom stereocenters. The van der Waals surface area contributed by atoms with Crippen LogP contribution >= 0.6 is 23.4 Å². The summed E-state index contributed by atoms with van der Waals surface area (Å²) in [7, 11) is 0. The number of aromatic nitrogens is 2. The average Bonchev–Trinajstić information content (AvgIpc) is 3.41. The number of carbonyl (C=O) groups is 1. The highest BCUT2D eigenvalue weighted by Gasteiger charge is 2.13. The van der Waals surface area contributed by atoms with Crippen LogP contribution in [-0.2, 0) is 10.5 Å². The lowest BCUT2D eigenvalue weighted by Gasteiger charge is -2.07. The molecular weight excluding hydrogens is 410 g/mol. The number of anilines is 1. The van der Waals surface area contributed by atoms with Gasteiger partial charge in [0.15, 0.2) is 5.76 Å². The highest BCUT2D eigenvalue weighted by molar-refractivity contribution is 7.99. The van der Waals surface area contributed by atoms with E-state index in [2.05, 4.69) is 15.5 Å². The van der Waals surface area contributed by atoms with Gasteiger partial charge in [-0.15, -0.1) is 22.0 Å². The minimum absolute atomic E-state index is 0.0963. The smallest absolute Gasteiger partial charge is 0.283 e. The first-order chi connectivity index (χ1) is 14.2. The van der Waals surface area contributed by atoms with E-state index in [1.54, 1.807) is 24.5 Å². The summed E-state index contributed by atoms with van der Waals surface area (Å²) in [6.07, 6.45) is 1.54. The van der Waals surface area contributed by atoms with Crippen LogP contribution in [0.1, 0.15) is 5.56 Å². The number of benzene rings is 2. The zero-order valence-electron chi connectivity index (χ0n) is 15.2. The van der Waals surface area contributed by atoms with Gasteiger partial charge in [0.25, 0.3) is 5.89 Å². The predicted octanol–water partition coefficient (Wildman–Crippen LogP) is 5.52. The Hall–Kier alpha value is -3.03. The molecule has 0 fully saturated rings. The molecule has 0 aliphatic heterocycles. The van der Waals surface area contributed by atoms with Crippen LogP contribution in [0.25, 0.3) is 23.1 Å². The summed E-state index contributed by atoms with van der Waals surface area (Å²) in [6, 6.07) is 18.4. The summed E-state index contributed by atoms with van der Waals surface area (Å²) < 4.78 is 10.9. The summed E-state index contributed by atoms with van der Waals surface area (Å²) in [5.41, 5.74) is 2.37. The molecule has 0 radical (unpaired) electrons. The molecule has 8 heteroatoms. The molecule has 0 saturated carbocycles. The van der Waals surface area contributed by atoms with Gasteiger partial charge >= 0.3 is 0 Å². The van der Waals surface area contributed by atoms with Crippen molar-refractivity contribution in [3.8, 4) is 23.1 Å². The Morgan fingerprint density at radius 2 is 1.90 bits per heavy atom. The Bertz CT molecular complexity index is 1110. The van der Waals surface area contributed by atoms with Crippen LogP contribution in [0.5, 0.6) is 0 Å². The molecule has 0 atom stereocenters. The number of thioether (sulfide) groups is 1. The van der Waals surface area contributed by atoms with Gasteiger partial charge in [0.1, 0.15) is 0 Å². The number of furan rings is 1. The van der Waals surface area contributed by atoms with Crippen molar-refractivity contribution in [3.05, 3.63) is 77.5 Å². The van der Waals surface area contributed by atoms with Gasteiger partial charge in [0.05, 0.1) is 12.0 Å². The number of hydrogen-bond donors (Lipinski definition) is 1. The van der Waals surface area contributed by atoms with Gasteiger partial charge < -0.3 is 14.2 Å². The van der Waals surface area contributed by atoms with Crippen molar-refractivity contribution < 1.29 is 13.6 Å². The van der Waals surface area contributed by atoms with Gasteiger partial charge in [-0.25, -0.2) is 0 Å². The molecule has 4 rings (SSSR count).